The standard InChI is InChI=1S/C9H12.C4H10O/c1-8(2)9-6-4-3-5-7-9;1-3-5-4-2/h3-8H,1-2H3;3-4H2,1-2H3. The van der Waals surface area contributed by atoms with Gasteiger partial charge < -0.3 is 4.74 Å². The average Bonchev–Trinajstić information content (AvgIpc) is 2.21. The number of ether oxygens (including phenoxy) is 1. The van der Waals surface area contributed by atoms with Gasteiger partial charge in [-0.3, -0.25) is 0 Å². The van der Waals surface area contributed by atoms with Crippen LogP contribution in [0.1, 0.15) is 39.2 Å². The van der Waals surface area contributed by atoms with Crippen molar-refractivity contribution >= 4 is 0 Å². The van der Waals surface area contributed by atoms with Crippen molar-refractivity contribution in [2.24, 2.45) is 0 Å². The molecule has 0 radical (unpaired) electrons. The second kappa shape index (κ2) is 8.76. The van der Waals surface area contributed by atoms with E-state index in [1.54, 1.807) is 0 Å². The van der Waals surface area contributed by atoms with Crippen molar-refractivity contribution in [3.05, 3.63) is 35.9 Å². The lowest BCUT2D eigenvalue weighted by Crippen LogP contribution is -1.84. The van der Waals surface area contributed by atoms with Crippen LogP contribution in [0.2, 0.25) is 0 Å². The lowest BCUT2D eigenvalue weighted by molar-refractivity contribution is 0.162. The summed E-state index contributed by atoms with van der Waals surface area (Å²) in [4.78, 5) is 0. The summed E-state index contributed by atoms with van der Waals surface area (Å²) >= 11 is 0. The van der Waals surface area contributed by atoms with Gasteiger partial charge in [-0.15, -0.1) is 0 Å². The number of benzene rings is 1. The van der Waals surface area contributed by atoms with E-state index >= 15 is 0 Å². The Labute approximate surface area is 88.1 Å². The third-order valence-corrected chi connectivity index (χ3v) is 1.87. The summed E-state index contributed by atoms with van der Waals surface area (Å²) < 4.78 is 4.83. The smallest absolute Gasteiger partial charge is 0.0437 e. The Morgan fingerprint density at radius 2 is 1.50 bits per heavy atom. The van der Waals surface area contributed by atoms with Crippen LogP contribution in [-0.4, -0.2) is 13.2 Å². The van der Waals surface area contributed by atoms with Gasteiger partial charge >= 0.3 is 0 Å². The van der Waals surface area contributed by atoms with Crippen LogP contribution in [0, 0.1) is 0 Å². The largest absolute Gasteiger partial charge is 0.382 e. The monoisotopic (exact) mass is 194 g/mol. The Morgan fingerprint density at radius 1 is 1.00 bits per heavy atom. The average molecular weight is 194 g/mol. The predicted molar refractivity (Wildman–Crippen MR) is 62.7 cm³/mol. The van der Waals surface area contributed by atoms with Crippen LogP contribution in [0.5, 0.6) is 0 Å². The molecule has 0 saturated heterocycles. The highest BCUT2D eigenvalue weighted by Gasteiger charge is 1.93. The molecule has 0 fully saturated rings. The van der Waals surface area contributed by atoms with Crippen molar-refractivity contribution in [3.63, 3.8) is 0 Å². The summed E-state index contributed by atoms with van der Waals surface area (Å²) in [6.45, 7) is 10.1. The molecule has 1 rings (SSSR count). The van der Waals surface area contributed by atoms with E-state index in [0.29, 0.717) is 5.92 Å². The summed E-state index contributed by atoms with van der Waals surface area (Å²) in [5, 5.41) is 0. The van der Waals surface area contributed by atoms with Gasteiger partial charge in [0, 0.05) is 13.2 Å². The topological polar surface area (TPSA) is 9.23 Å². The highest BCUT2D eigenvalue weighted by molar-refractivity contribution is 5.17. The fourth-order valence-corrected chi connectivity index (χ4v) is 1.04. The van der Waals surface area contributed by atoms with Gasteiger partial charge in [0.05, 0.1) is 0 Å². The van der Waals surface area contributed by atoms with Crippen LogP contribution in [0.15, 0.2) is 30.3 Å². The second-order valence-electron chi connectivity index (χ2n) is 3.35. The zero-order valence-corrected chi connectivity index (χ0v) is 9.79. The van der Waals surface area contributed by atoms with Gasteiger partial charge in [0.25, 0.3) is 0 Å². The maximum Gasteiger partial charge on any atom is 0.0437 e. The van der Waals surface area contributed by atoms with Gasteiger partial charge in [-0.25, -0.2) is 0 Å². The molecule has 0 amide bonds. The van der Waals surface area contributed by atoms with Crippen molar-refractivity contribution in [3.8, 4) is 0 Å². The molecule has 0 aliphatic rings. The molecule has 0 heterocycles. The van der Waals surface area contributed by atoms with Gasteiger partial charge in [-0.05, 0) is 25.3 Å². The van der Waals surface area contributed by atoms with E-state index in [1.165, 1.54) is 5.56 Å². The summed E-state index contributed by atoms with van der Waals surface area (Å²) in [5.41, 5.74) is 1.41. The quantitative estimate of drug-likeness (QED) is 0.710. The molecule has 0 bridgehead atoms. The molecule has 0 aromatic heterocycles. The predicted octanol–water partition coefficient (Wildman–Crippen LogP) is 3.85. The normalized spacial score (nSPS) is 9.50. The highest BCUT2D eigenvalue weighted by atomic mass is 16.5. The van der Waals surface area contributed by atoms with E-state index in [1.807, 2.05) is 19.9 Å². The van der Waals surface area contributed by atoms with E-state index in [-0.39, 0.29) is 0 Å². The Hall–Kier alpha value is -0.820. The lowest BCUT2D eigenvalue weighted by Gasteiger charge is -2.01. The van der Waals surface area contributed by atoms with Crippen LogP contribution in [0.4, 0.5) is 0 Å². The molecular weight excluding hydrogens is 172 g/mol. The van der Waals surface area contributed by atoms with E-state index in [2.05, 4.69) is 38.1 Å². The molecule has 1 aromatic rings. The molecule has 1 aromatic carbocycles. The van der Waals surface area contributed by atoms with Crippen molar-refractivity contribution in [1.82, 2.24) is 0 Å². The molecule has 0 atom stereocenters. The zero-order valence-electron chi connectivity index (χ0n) is 9.79. The third-order valence-electron chi connectivity index (χ3n) is 1.87. The van der Waals surface area contributed by atoms with Gasteiger partial charge in [0.1, 0.15) is 0 Å². The SMILES string of the molecule is CC(C)c1ccccc1.CCOCC. The van der Waals surface area contributed by atoms with E-state index < -0.39 is 0 Å². The van der Waals surface area contributed by atoms with Crippen LogP contribution in [0.25, 0.3) is 0 Å². The first-order valence-corrected chi connectivity index (χ1v) is 5.35. The second-order valence-corrected chi connectivity index (χ2v) is 3.35. The summed E-state index contributed by atoms with van der Waals surface area (Å²) in [7, 11) is 0. The summed E-state index contributed by atoms with van der Waals surface area (Å²) in [6.07, 6.45) is 0. The molecule has 0 aliphatic heterocycles. The Kier molecular flexibility index (Phi) is 8.25. The number of hydrogen-bond donors (Lipinski definition) is 0. The molecular formula is C13H22O. The van der Waals surface area contributed by atoms with Crippen LogP contribution < -0.4 is 0 Å². The first-order chi connectivity index (χ1) is 6.72. The fraction of sp³-hybridized carbons (Fsp3) is 0.538. The molecule has 1 heteroatoms. The molecule has 0 saturated carbocycles. The Morgan fingerprint density at radius 3 is 1.71 bits per heavy atom. The van der Waals surface area contributed by atoms with E-state index in [0.717, 1.165) is 13.2 Å². The zero-order chi connectivity index (χ0) is 10.8. The minimum absolute atomic E-state index is 0.659. The Balaban J connectivity index is 0.000000292. The third kappa shape index (κ3) is 6.67. The lowest BCUT2D eigenvalue weighted by atomic mass is 10.0. The van der Waals surface area contributed by atoms with Crippen molar-refractivity contribution in [2.75, 3.05) is 13.2 Å². The van der Waals surface area contributed by atoms with Crippen molar-refractivity contribution in [2.45, 2.75) is 33.6 Å². The van der Waals surface area contributed by atoms with Gasteiger partial charge in [-0.2, -0.15) is 0 Å². The van der Waals surface area contributed by atoms with E-state index in [4.69, 9.17) is 4.74 Å². The molecule has 14 heavy (non-hydrogen) atoms. The highest BCUT2D eigenvalue weighted by Crippen LogP contribution is 2.11. The summed E-state index contributed by atoms with van der Waals surface area (Å²) in [5.74, 6) is 0.659. The summed E-state index contributed by atoms with van der Waals surface area (Å²) in [6, 6.07) is 10.5. The molecule has 0 N–H and O–H groups in total. The fourth-order valence-electron chi connectivity index (χ4n) is 1.04. The molecule has 80 valence electrons. The number of rotatable bonds is 3. The Bertz CT molecular complexity index is 202. The van der Waals surface area contributed by atoms with Crippen molar-refractivity contribution in [1.29, 1.82) is 0 Å². The van der Waals surface area contributed by atoms with Crippen LogP contribution in [-0.2, 0) is 4.74 Å². The molecule has 1 nitrogen and oxygen atoms in total. The van der Waals surface area contributed by atoms with Gasteiger partial charge in [-0.1, -0.05) is 44.2 Å². The van der Waals surface area contributed by atoms with Gasteiger partial charge in [0.15, 0.2) is 0 Å². The molecule has 0 aliphatic carbocycles. The maximum atomic E-state index is 4.83. The first kappa shape index (κ1) is 13.2. The van der Waals surface area contributed by atoms with Crippen LogP contribution >= 0.6 is 0 Å². The minimum Gasteiger partial charge on any atom is -0.382 e. The van der Waals surface area contributed by atoms with Crippen LogP contribution in [0.3, 0.4) is 0 Å². The minimum atomic E-state index is 0.659. The van der Waals surface area contributed by atoms with E-state index in [9.17, 15) is 0 Å². The first-order valence-electron chi connectivity index (χ1n) is 5.35. The van der Waals surface area contributed by atoms with Crippen molar-refractivity contribution < 1.29 is 4.74 Å². The molecule has 0 spiro atoms. The molecule has 0 unspecified atom stereocenters. The maximum absolute atomic E-state index is 4.83. The van der Waals surface area contributed by atoms with Gasteiger partial charge in [0.2, 0.25) is 0 Å². The number of hydrogen-bond acceptors (Lipinski definition) is 1.